The van der Waals surface area contributed by atoms with Crippen molar-refractivity contribution in [3.63, 3.8) is 0 Å². The van der Waals surface area contributed by atoms with E-state index in [0.29, 0.717) is 5.56 Å². The number of likely N-dealkylation sites (tertiary alicyclic amines) is 1. The van der Waals surface area contributed by atoms with Crippen LogP contribution in [-0.4, -0.2) is 36.7 Å². The number of carbonyl (C=O) groups is 1. The second-order valence-corrected chi connectivity index (χ2v) is 4.75. The van der Waals surface area contributed by atoms with E-state index in [1.54, 1.807) is 18.2 Å². The summed E-state index contributed by atoms with van der Waals surface area (Å²) in [5.74, 6) is -0.481. The molecule has 1 atom stereocenters. The van der Waals surface area contributed by atoms with E-state index in [1.165, 1.54) is 12.3 Å². The SMILES string of the molecule is CN1CCCCC1C(=O)N/N=C/c1ccccc1F. The molecule has 1 unspecified atom stereocenters. The third-order valence-corrected chi connectivity index (χ3v) is 3.36. The van der Waals surface area contributed by atoms with Gasteiger partial charge in [0.25, 0.3) is 5.91 Å². The van der Waals surface area contributed by atoms with E-state index in [0.717, 1.165) is 25.8 Å². The van der Waals surface area contributed by atoms with E-state index in [-0.39, 0.29) is 17.8 Å². The van der Waals surface area contributed by atoms with Gasteiger partial charge in [-0.2, -0.15) is 5.10 Å². The highest BCUT2D eigenvalue weighted by Crippen LogP contribution is 2.14. The average Bonchev–Trinajstić information content (AvgIpc) is 2.41. The molecule has 5 heteroatoms. The fraction of sp³-hybridized carbons (Fsp3) is 0.429. The van der Waals surface area contributed by atoms with Crippen molar-refractivity contribution in [2.24, 2.45) is 5.10 Å². The molecule has 1 aromatic rings. The molecule has 0 bridgehead atoms. The van der Waals surface area contributed by atoms with Crippen molar-refractivity contribution >= 4 is 12.1 Å². The first-order chi connectivity index (χ1) is 9.18. The van der Waals surface area contributed by atoms with Crippen LogP contribution in [0.25, 0.3) is 0 Å². The van der Waals surface area contributed by atoms with E-state index < -0.39 is 0 Å². The summed E-state index contributed by atoms with van der Waals surface area (Å²) >= 11 is 0. The van der Waals surface area contributed by atoms with E-state index in [4.69, 9.17) is 0 Å². The number of hydrogen-bond donors (Lipinski definition) is 1. The Balaban J connectivity index is 1.91. The number of hydrogen-bond acceptors (Lipinski definition) is 3. The normalized spacial score (nSPS) is 20.6. The minimum Gasteiger partial charge on any atom is -0.295 e. The van der Waals surface area contributed by atoms with Crippen molar-refractivity contribution in [3.05, 3.63) is 35.6 Å². The number of nitrogens with one attached hydrogen (secondary N) is 1. The Morgan fingerprint density at radius 3 is 3.00 bits per heavy atom. The maximum atomic E-state index is 13.3. The molecular formula is C14H18FN3O. The molecule has 19 heavy (non-hydrogen) atoms. The number of nitrogens with zero attached hydrogens (tertiary/aromatic N) is 2. The second kappa shape index (κ2) is 6.43. The zero-order valence-electron chi connectivity index (χ0n) is 11.0. The van der Waals surface area contributed by atoms with Gasteiger partial charge in [0.1, 0.15) is 5.82 Å². The molecule has 0 spiro atoms. The van der Waals surface area contributed by atoms with Crippen molar-refractivity contribution in [1.82, 2.24) is 10.3 Å². The summed E-state index contributed by atoms with van der Waals surface area (Å²) < 4.78 is 13.3. The third kappa shape index (κ3) is 3.61. The largest absolute Gasteiger partial charge is 0.295 e. The summed E-state index contributed by atoms with van der Waals surface area (Å²) in [7, 11) is 1.93. The lowest BCUT2D eigenvalue weighted by Gasteiger charge is -2.30. The lowest BCUT2D eigenvalue weighted by molar-refractivity contribution is -0.126. The predicted octanol–water partition coefficient (Wildman–Crippen LogP) is 1.76. The van der Waals surface area contributed by atoms with Gasteiger partial charge in [-0.1, -0.05) is 24.6 Å². The number of carbonyl (C=O) groups excluding carboxylic acids is 1. The molecule has 1 N–H and O–H groups in total. The van der Waals surface area contributed by atoms with E-state index in [1.807, 2.05) is 11.9 Å². The lowest BCUT2D eigenvalue weighted by atomic mass is 10.0. The van der Waals surface area contributed by atoms with Crippen LogP contribution in [0, 0.1) is 5.82 Å². The Hall–Kier alpha value is -1.75. The van der Waals surface area contributed by atoms with Gasteiger partial charge in [0, 0.05) is 5.56 Å². The van der Waals surface area contributed by atoms with Crippen molar-refractivity contribution in [2.45, 2.75) is 25.3 Å². The monoisotopic (exact) mass is 263 g/mol. The number of benzene rings is 1. The van der Waals surface area contributed by atoms with Gasteiger partial charge in [-0.25, -0.2) is 9.82 Å². The maximum absolute atomic E-state index is 13.3. The number of halogens is 1. The summed E-state index contributed by atoms with van der Waals surface area (Å²) in [6.07, 6.45) is 4.35. The number of likely N-dealkylation sites (N-methyl/N-ethyl adjacent to an activating group) is 1. The topological polar surface area (TPSA) is 44.7 Å². The number of hydrazone groups is 1. The molecule has 0 aliphatic carbocycles. The van der Waals surface area contributed by atoms with Crippen molar-refractivity contribution in [3.8, 4) is 0 Å². The molecule has 1 aliphatic rings. The number of amides is 1. The molecule has 102 valence electrons. The molecule has 1 aliphatic heterocycles. The molecule has 1 saturated heterocycles. The van der Waals surface area contributed by atoms with Crippen LogP contribution in [-0.2, 0) is 4.79 Å². The van der Waals surface area contributed by atoms with Crippen molar-refractivity contribution in [2.75, 3.05) is 13.6 Å². The minimum absolute atomic E-state index is 0.130. The summed E-state index contributed by atoms with van der Waals surface area (Å²) in [4.78, 5) is 13.9. The number of rotatable bonds is 3. The standard InChI is InChI=1S/C14H18FN3O/c1-18-9-5-4-8-13(18)14(19)17-16-10-11-6-2-3-7-12(11)15/h2-3,6-7,10,13H,4-5,8-9H2,1H3,(H,17,19)/b16-10+. The van der Waals surface area contributed by atoms with Crippen LogP contribution in [0.4, 0.5) is 4.39 Å². The zero-order valence-corrected chi connectivity index (χ0v) is 11.0. The molecule has 0 saturated carbocycles. The molecule has 4 nitrogen and oxygen atoms in total. The molecule has 0 aromatic heterocycles. The van der Waals surface area contributed by atoms with Gasteiger partial charge < -0.3 is 0 Å². The van der Waals surface area contributed by atoms with Gasteiger partial charge in [-0.15, -0.1) is 0 Å². The molecule has 1 amide bonds. The Kier molecular flexibility index (Phi) is 4.63. The van der Waals surface area contributed by atoms with E-state index >= 15 is 0 Å². The van der Waals surface area contributed by atoms with Gasteiger partial charge in [0.15, 0.2) is 0 Å². The third-order valence-electron chi connectivity index (χ3n) is 3.36. The highest BCUT2D eigenvalue weighted by atomic mass is 19.1. The van der Waals surface area contributed by atoms with Crippen LogP contribution in [0.2, 0.25) is 0 Å². The molecule has 0 radical (unpaired) electrons. The number of piperidine rings is 1. The highest BCUT2D eigenvalue weighted by Gasteiger charge is 2.25. The van der Waals surface area contributed by atoms with Crippen LogP contribution >= 0.6 is 0 Å². The van der Waals surface area contributed by atoms with E-state index in [9.17, 15) is 9.18 Å². The Morgan fingerprint density at radius 1 is 1.47 bits per heavy atom. The zero-order chi connectivity index (χ0) is 13.7. The average molecular weight is 263 g/mol. The maximum Gasteiger partial charge on any atom is 0.257 e. The Bertz CT molecular complexity index is 476. The molecular weight excluding hydrogens is 245 g/mol. The van der Waals surface area contributed by atoms with Crippen molar-refractivity contribution in [1.29, 1.82) is 0 Å². The Labute approximate surface area is 112 Å². The fourth-order valence-electron chi connectivity index (χ4n) is 2.23. The van der Waals surface area contributed by atoms with Crippen LogP contribution in [0.15, 0.2) is 29.4 Å². The second-order valence-electron chi connectivity index (χ2n) is 4.75. The molecule has 2 rings (SSSR count). The lowest BCUT2D eigenvalue weighted by Crippen LogP contribution is -2.46. The van der Waals surface area contributed by atoms with Crippen LogP contribution < -0.4 is 5.43 Å². The smallest absolute Gasteiger partial charge is 0.257 e. The van der Waals surface area contributed by atoms with Gasteiger partial charge in [-0.3, -0.25) is 9.69 Å². The summed E-state index contributed by atoms with van der Waals surface area (Å²) in [6, 6.07) is 6.17. The molecule has 1 heterocycles. The predicted molar refractivity (Wildman–Crippen MR) is 72.4 cm³/mol. The van der Waals surface area contributed by atoms with Crippen LogP contribution in [0.1, 0.15) is 24.8 Å². The highest BCUT2D eigenvalue weighted by molar-refractivity contribution is 5.85. The van der Waals surface area contributed by atoms with Crippen LogP contribution in [0.3, 0.4) is 0 Å². The van der Waals surface area contributed by atoms with E-state index in [2.05, 4.69) is 10.5 Å². The quantitative estimate of drug-likeness (QED) is 0.667. The first-order valence-corrected chi connectivity index (χ1v) is 6.46. The summed E-state index contributed by atoms with van der Waals surface area (Å²) in [6.45, 7) is 0.926. The first-order valence-electron chi connectivity index (χ1n) is 6.46. The van der Waals surface area contributed by atoms with Gasteiger partial charge in [0.2, 0.25) is 0 Å². The minimum atomic E-state index is -0.352. The van der Waals surface area contributed by atoms with Crippen molar-refractivity contribution < 1.29 is 9.18 Å². The van der Waals surface area contributed by atoms with Gasteiger partial charge in [-0.05, 0) is 32.5 Å². The molecule has 1 fully saturated rings. The summed E-state index contributed by atoms with van der Waals surface area (Å²) in [5, 5.41) is 3.82. The summed E-state index contributed by atoms with van der Waals surface area (Å²) in [5.41, 5.74) is 2.84. The van der Waals surface area contributed by atoms with Crippen LogP contribution in [0.5, 0.6) is 0 Å². The molecule has 1 aromatic carbocycles. The Morgan fingerprint density at radius 2 is 2.26 bits per heavy atom. The fourth-order valence-corrected chi connectivity index (χ4v) is 2.23. The van der Waals surface area contributed by atoms with Gasteiger partial charge in [0.05, 0.1) is 12.3 Å². The van der Waals surface area contributed by atoms with Gasteiger partial charge >= 0.3 is 0 Å². The first kappa shape index (κ1) is 13.7.